The van der Waals surface area contributed by atoms with Gasteiger partial charge in [0, 0.05) is 12.5 Å². The first-order valence-electron chi connectivity index (χ1n) is 6.21. The molecule has 1 fully saturated rings. The van der Waals surface area contributed by atoms with Crippen LogP contribution in [0.1, 0.15) is 38.3 Å². The largest absolute Gasteiger partial charge is 0.289 e. The molecule has 1 aromatic carbocycles. The van der Waals surface area contributed by atoms with Crippen molar-refractivity contribution in [2.24, 2.45) is 0 Å². The Morgan fingerprint density at radius 3 is 2.47 bits per heavy atom. The molecule has 1 heterocycles. The SMILES string of the molecule is CC(C)N1CCCC(F)(F)C1c1ccccc1. The Morgan fingerprint density at radius 1 is 1.24 bits per heavy atom. The quantitative estimate of drug-likeness (QED) is 0.757. The fourth-order valence-corrected chi connectivity index (χ4v) is 2.63. The number of piperidine rings is 1. The van der Waals surface area contributed by atoms with Gasteiger partial charge in [0.1, 0.15) is 0 Å². The van der Waals surface area contributed by atoms with Crippen LogP contribution in [-0.2, 0) is 0 Å². The summed E-state index contributed by atoms with van der Waals surface area (Å²) in [6.45, 7) is 4.72. The zero-order chi connectivity index (χ0) is 12.5. The van der Waals surface area contributed by atoms with Crippen molar-refractivity contribution in [2.75, 3.05) is 6.54 Å². The van der Waals surface area contributed by atoms with E-state index in [1.54, 1.807) is 12.1 Å². The third kappa shape index (κ3) is 2.49. The van der Waals surface area contributed by atoms with Gasteiger partial charge in [-0.15, -0.1) is 0 Å². The van der Waals surface area contributed by atoms with Gasteiger partial charge in [-0.25, -0.2) is 8.78 Å². The molecule has 1 unspecified atom stereocenters. The van der Waals surface area contributed by atoms with Crippen molar-refractivity contribution in [2.45, 2.75) is 44.7 Å². The molecular weight excluding hydrogens is 220 g/mol. The highest BCUT2D eigenvalue weighted by molar-refractivity contribution is 5.22. The van der Waals surface area contributed by atoms with Gasteiger partial charge in [-0.3, -0.25) is 4.90 Å². The van der Waals surface area contributed by atoms with E-state index in [-0.39, 0.29) is 12.5 Å². The van der Waals surface area contributed by atoms with E-state index in [0.29, 0.717) is 6.42 Å². The Kier molecular flexibility index (Phi) is 3.48. The highest BCUT2D eigenvalue weighted by Gasteiger charge is 2.47. The highest BCUT2D eigenvalue weighted by atomic mass is 19.3. The van der Waals surface area contributed by atoms with Crippen molar-refractivity contribution in [1.29, 1.82) is 0 Å². The van der Waals surface area contributed by atoms with Gasteiger partial charge in [0.25, 0.3) is 5.92 Å². The molecule has 0 radical (unpaired) electrons. The van der Waals surface area contributed by atoms with Crippen LogP contribution in [0.3, 0.4) is 0 Å². The zero-order valence-electron chi connectivity index (χ0n) is 10.4. The van der Waals surface area contributed by atoms with Crippen LogP contribution < -0.4 is 0 Å². The smallest absolute Gasteiger partial charge is 0.267 e. The lowest BCUT2D eigenvalue weighted by Crippen LogP contribution is -2.48. The second-order valence-electron chi connectivity index (χ2n) is 5.01. The molecule has 0 aromatic heterocycles. The van der Waals surface area contributed by atoms with Gasteiger partial charge in [-0.2, -0.15) is 0 Å². The minimum absolute atomic E-state index is 0.00419. The second kappa shape index (κ2) is 4.73. The van der Waals surface area contributed by atoms with Gasteiger partial charge in [0.15, 0.2) is 0 Å². The summed E-state index contributed by atoms with van der Waals surface area (Å²) in [5.74, 6) is -2.62. The van der Waals surface area contributed by atoms with Crippen molar-refractivity contribution in [3.8, 4) is 0 Å². The Morgan fingerprint density at radius 2 is 1.88 bits per heavy atom. The normalized spacial score (nSPS) is 25.1. The van der Waals surface area contributed by atoms with Crippen molar-refractivity contribution in [3.63, 3.8) is 0 Å². The molecule has 0 N–H and O–H groups in total. The van der Waals surface area contributed by atoms with Gasteiger partial charge in [0.05, 0.1) is 6.04 Å². The van der Waals surface area contributed by atoms with Crippen LogP contribution in [0, 0.1) is 0 Å². The molecule has 2 rings (SSSR count). The van der Waals surface area contributed by atoms with Crippen molar-refractivity contribution < 1.29 is 8.78 Å². The average molecular weight is 239 g/mol. The Balaban J connectivity index is 2.36. The topological polar surface area (TPSA) is 3.24 Å². The molecule has 1 aliphatic heterocycles. The maximum atomic E-state index is 14.1. The molecule has 1 aliphatic rings. The molecule has 0 bridgehead atoms. The maximum absolute atomic E-state index is 14.1. The van der Waals surface area contributed by atoms with E-state index >= 15 is 0 Å². The van der Waals surface area contributed by atoms with Crippen LogP contribution in [0.2, 0.25) is 0 Å². The molecule has 1 aromatic rings. The molecule has 94 valence electrons. The minimum atomic E-state index is -2.62. The van der Waals surface area contributed by atoms with E-state index in [2.05, 4.69) is 0 Å². The first-order chi connectivity index (χ1) is 8.02. The second-order valence-corrected chi connectivity index (χ2v) is 5.01. The summed E-state index contributed by atoms with van der Waals surface area (Å²) in [5.41, 5.74) is 0.728. The number of alkyl halides is 2. The van der Waals surface area contributed by atoms with E-state index < -0.39 is 12.0 Å². The molecule has 0 saturated carbocycles. The van der Waals surface area contributed by atoms with Crippen LogP contribution >= 0.6 is 0 Å². The lowest BCUT2D eigenvalue weighted by atomic mass is 9.90. The Bertz CT molecular complexity index is 362. The minimum Gasteiger partial charge on any atom is -0.289 e. The van der Waals surface area contributed by atoms with E-state index in [4.69, 9.17) is 0 Å². The van der Waals surface area contributed by atoms with Crippen molar-refractivity contribution >= 4 is 0 Å². The predicted molar refractivity (Wildman–Crippen MR) is 65.2 cm³/mol. The molecule has 0 aliphatic carbocycles. The van der Waals surface area contributed by atoms with Crippen molar-refractivity contribution in [3.05, 3.63) is 35.9 Å². The number of likely N-dealkylation sites (tertiary alicyclic amines) is 1. The standard InChI is InChI=1S/C14H19F2N/c1-11(2)17-10-6-9-14(15,16)13(17)12-7-4-3-5-8-12/h3-5,7-8,11,13H,6,9-10H2,1-2H3. The average Bonchev–Trinajstić information content (AvgIpc) is 2.28. The number of halogens is 2. The summed E-state index contributed by atoms with van der Waals surface area (Å²) in [5, 5.41) is 0. The fraction of sp³-hybridized carbons (Fsp3) is 0.571. The molecule has 1 nitrogen and oxygen atoms in total. The summed E-state index contributed by atoms with van der Waals surface area (Å²) in [6, 6.07) is 8.52. The Labute approximate surface area is 101 Å². The molecular formula is C14H19F2N. The lowest BCUT2D eigenvalue weighted by Gasteiger charge is -2.43. The predicted octanol–water partition coefficient (Wildman–Crippen LogP) is 3.87. The first-order valence-corrected chi connectivity index (χ1v) is 6.21. The number of hydrogen-bond acceptors (Lipinski definition) is 1. The van der Waals surface area contributed by atoms with E-state index in [1.165, 1.54) is 0 Å². The van der Waals surface area contributed by atoms with Crippen molar-refractivity contribution in [1.82, 2.24) is 4.90 Å². The number of nitrogens with zero attached hydrogens (tertiary/aromatic N) is 1. The number of benzene rings is 1. The highest BCUT2D eigenvalue weighted by Crippen LogP contribution is 2.43. The van der Waals surface area contributed by atoms with Gasteiger partial charge < -0.3 is 0 Å². The van der Waals surface area contributed by atoms with E-state index in [9.17, 15) is 8.78 Å². The summed E-state index contributed by atoms with van der Waals surface area (Å²) in [7, 11) is 0. The fourth-order valence-electron chi connectivity index (χ4n) is 2.63. The monoisotopic (exact) mass is 239 g/mol. The third-order valence-electron chi connectivity index (χ3n) is 3.44. The first kappa shape index (κ1) is 12.5. The van der Waals surface area contributed by atoms with Gasteiger partial charge in [0.2, 0.25) is 0 Å². The van der Waals surface area contributed by atoms with Crippen LogP contribution in [-0.4, -0.2) is 23.4 Å². The van der Waals surface area contributed by atoms with Crippen LogP contribution in [0.5, 0.6) is 0 Å². The third-order valence-corrected chi connectivity index (χ3v) is 3.44. The summed E-state index contributed by atoms with van der Waals surface area (Å²) in [4.78, 5) is 1.92. The molecule has 17 heavy (non-hydrogen) atoms. The Hall–Kier alpha value is -0.960. The lowest BCUT2D eigenvalue weighted by molar-refractivity contribution is -0.123. The van der Waals surface area contributed by atoms with Gasteiger partial charge in [-0.05, 0) is 32.4 Å². The molecule has 0 amide bonds. The summed E-state index contributed by atoms with van der Waals surface area (Å²) < 4.78 is 28.2. The molecule has 0 spiro atoms. The number of hydrogen-bond donors (Lipinski definition) is 0. The molecule has 1 saturated heterocycles. The zero-order valence-corrected chi connectivity index (χ0v) is 10.4. The van der Waals surface area contributed by atoms with E-state index in [1.807, 2.05) is 36.9 Å². The summed E-state index contributed by atoms with van der Waals surface area (Å²) >= 11 is 0. The maximum Gasteiger partial charge on any atom is 0.267 e. The van der Waals surface area contributed by atoms with Crippen LogP contribution in [0.25, 0.3) is 0 Å². The van der Waals surface area contributed by atoms with Gasteiger partial charge >= 0.3 is 0 Å². The van der Waals surface area contributed by atoms with Crippen LogP contribution in [0.4, 0.5) is 8.78 Å². The van der Waals surface area contributed by atoms with Gasteiger partial charge in [-0.1, -0.05) is 30.3 Å². The van der Waals surface area contributed by atoms with E-state index in [0.717, 1.165) is 12.1 Å². The summed E-state index contributed by atoms with van der Waals surface area (Å²) in [6.07, 6.45) is 0.574. The molecule has 1 atom stereocenters. The number of rotatable bonds is 2. The van der Waals surface area contributed by atoms with Crippen LogP contribution in [0.15, 0.2) is 30.3 Å². The molecule has 3 heteroatoms.